The molecule has 0 radical (unpaired) electrons. The average Bonchev–Trinajstić information content (AvgIpc) is 3.40. The summed E-state index contributed by atoms with van der Waals surface area (Å²) in [6, 6.07) is 17.8. The monoisotopic (exact) mass is 379 g/mol. The lowest BCUT2D eigenvalue weighted by Gasteiger charge is -2.12. The molecule has 144 valence electrons. The molecular formula is C23H24FN2O2+. The van der Waals surface area contributed by atoms with E-state index in [0.29, 0.717) is 12.3 Å². The maximum Gasteiger partial charge on any atom is 0.287 e. The van der Waals surface area contributed by atoms with Gasteiger partial charge in [-0.15, -0.1) is 0 Å². The van der Waals surface area contributed by atoms with E-state index in [1.807, 2.05) is 0 Å². The Morgan fingerprint density at radius 3 is 2.32 bits per heavy atom. The first-order valence-electron chi connectivity index (χ1n) is 9.73. The van der Waals surface area contributed by atoms with Gasteiger partial charge in [-0.05, 0) is 42.0 Å². The maximum atomic E-state index is 13.0. The van der Waals surface area contributed by atoms with E-state index in [-0.39, 0.29) is 17.5 Å². The van der Waals surface area contributed by atoms with Crippen LogP contribution in [0.4, 0.5) is 4.39 Å². The third-order valence-corrected chi connectivity index (χ3v) is 5.20. The van der Waals surface area contributed by atoms with Crippen molar-refractivity contribution in [2.75, 3.05) is 13.1 Å². The molecular weight excluding hydrogens is 355 g/mol. The number of rotatable bonds is 6. The lowest BCUT2D eigenvalue weighted by atomic mass is 10.1. The van der Waals surface area contributed by atoms with Crippen LogP contribution in [0.1, 0.15) is 34.5 Å². The van der Waals surface area contributed by atoms with Gasteiger partial charge in [0.2, 0.25) is 0 Å². The Morgan fingerprint density at radius 1 is 0.929 bits per heavy atom. The van der Waals surface area contributed by atoms with Crippen molar-refractivity contribution in [3.8, 4) is 11.3 Å². The van der Waals surface area contributed by atoms with Crippen LogP contribution in [0.15, 0.2) is 65.1 Å². The van der Waals surface area contributed by atoms with Gasteiger partial charge < -0.3 is 14.6 Å². The molecule has 5 heteroatoms. The van der Waals surface area contributed by atoms with Gasteiger partial charge >= 0.3 is 0 Å². The lowest BCUT2D eigenvalue weighted by Crippen LogP contribution is -3.08. The second-order valence-corrected chi connectivity index (χ2v) is 7.30. The number of hydrogen-bond donors (Lipinski definition) is 2. The van der Waals surface area contributed by atoms with Crippen molar-refractivity contribution in [3.05, 3.63) is 83.4 Å². The van der Waals surface area contributed by atoms with E-state index in [2.05, 4.69) is 29.6 Å². The van der Waals surface area contributed by atoms with E-state index in [9.17, 15) is 9.18 Å². The number of hydrogen-bond acceptors (Lipinski definition) is 2. The minimum Gasteiger partial charge on any atom is -0.451 e. The van der Waals surface area contributed by atoms with Gasteiger partial charge in [0, 0.05) is 30.5 Å². The van der Waals surface area contributed by atoms with Gasteiger partial charge in [0.1, 0.15) is 18.1 Å². The molecule has 0 atom stereocenters. The summed E-state index contributed by atoms with van der Waals surface area (Å²) < 4.78 is 18.6. The highest BCUT2D eigenvalue weighted by Crippen LogP contribution is 2.22. The molecule has 0 bridgehead atoms. The number of nitrogens with one attached hydrogen (secondary N) is 2. The molecule has 2 N–H and O–H groups in total. The van der Waals surface area contributed by atoms with Gasteiger partial charge in [-0.3, -0.25) is 4.79 Å². The Balaban J connectivity index is 1.32. The summed E-state index contributed by atoms with van der Waals surface area (Å²) in [6.07, 6.45) is 2.66. The number of furan rings is 1. The van der Waals surface area contributed by atoms with Crippen LogP contribution in [0.3, 0.4) is 0 Å². The number of likely N-dealkylation sites (tertiary alicyclic amines) is 1. The Labute approximate surface area is 164 Å². The molecule has 1 aromatic heterocycles. The lowest BCUT2D eigenvalue weighted by molar-refractivity contribution is -0.901. The molecule has 1 saturated heterocycles. The third-order valence-electron chi connectivity index (χ3n) is 5.20. The summed E-state index contributed by atoms with van der Waals surface area (Å²) in [7, 11) is 0. The fourth-order valence-corrected chi connectivity index (χ4v) is 3.61. The van der Waals surface area contributed by atoms with E-state index in [0.717, 1.165) is 17.7 Å². The van der Waals surface area contributed by atoms with E-state index in [4.69, 9.17) is 4.42 Å². The van der Waals surface area contributed by atoms with Crippen LogP contribution in [-0.2, 0) is 13.1 Å². The van der Waals surface area contributed by atoms with Crippen LogP contribution >= 0.6 is 0 Å². The van der Waals surface area contributed by atoms with Crippen molar-refractivity contribution in [1.29, 1.82) is 0 Å². The Bertz CT molecular complexity index is 926. The minimum absolute atomic E-state index is 0.244. The van der Waals surface area contributed by atoms with E-state index < -0.39 is 0 Å². The van der Waals surface area contributed by atoms with Gasteiger partial charge in [0.25, 0.3) is 5.91 Å². The highest BCUT2D eigenvalue weighted by atomic mass is 19.1. The highest BCUT2D eigenvalue weighted by molar-refractivity contribution is 5.92. The predicted octanol–water partition coefficient (Wildman–Crippen LogP) is 3.19. The summed E-state index contributed by atoms with van der Waals surface area (Å²) in [4.78, 5) is 14.0. The molecule has 0 unspecified atom stereocenters. The van der Waals surface area contributed by atoms with Crippen molar-refractivity contribution in [1.82, 2.24) is 5.32 Å². The normalized spacial score (nSPS) is 14.3. The SMILES string of the molecule is O=C(NCc1ccc(C[NH+]2CCCC2)cc1)c1ccc(-c2ccc(F)cc2)o1. The van der Waals surface area contributed by atoms with Gasteiger partial charge in [-0.2, -0.15) is 0 Å². The number of amides is 1. The van der Waals surface area contributed by atoms with Crippen molar-refractivity contribution < 1.29 is 18.5 Å². The second-order valence-electron chi connectivity index (χ2n) is 7.30. The van der Waals surface area contributed by atoms with E-state index >= 15 is 0 Å². The number of quaternary nitrogens is 1. The first-order chi connectivity index (χ1) is 13.7. The molecule has 4 rings (SSSR count). The number of carbonyl (C=O) groups is 1. The first kappa shape index (κ1) is 18.4. The van der Waals surface area contributed by atoms with E-state index in [1.54, 1.807) is 29.2 Å². The third kappa shape index (κ3) is 4.49. The smallest absolute Gasteiger partial charge is 0.287 e. The van der Waals surface area contributed by atoms with Gasteiger partial charge in [0.15, 0.2) is 5.76 Å². The molecule has 0 aliphatic carbocycles. The molecule has 1 amide bonds. The molecule has 2 aromatic carbocycles. The van der Waals surface area contributed by atoms with Crippen molar-refractivity contribution in [2.24, 2.45) is 0 Å². The van der Waals surface area contributed by atoms with Gasteiger partial charge in [-0.1, -0.05) is 24.3 Å². The number of benzene rings is 2. The number of carbonyl (C=O) groups excluding carboxylic acids is 1. The van der Waals surface area contributed by atoms with Crippen LogP contribution in [-0.4, -0.2) is 19.0 Å². The number of halogens is 1. The molecule has 1 fully saturated rings. The molecule has 28 heavy (non-hydrogen) atoms. The molecule has 1 aliphatic rings. The van der Waals surface area contributed by atoms with Crippen LogP contribution in [0, 0.1) is 5.82 Å². The van der Waals surface area contributed by atoms with Crippen LogP contribution in [0.2, 0.25) is 0 Å². The zero-order valence-electron chi connectivity index (χ0n) is 15.7. The maximum absolute atomic E-state index is 13.0. The zero-order valence-corrected chi connectivity index (χ0v) is 15.7. The Morgan fingerprint density at radius 2 is 1.61 bits per heavy atom. The first-order valence-corrected chi connectivity index (χ1v) is 9.73. The quantitative estimate of drug-likeness (QED) is 0.691. The summed E-state index contributed by atoms with van der Waals surface area (Å²) in [5, 5.41) is 2.88. The summed E-state index contributed by atoms with van der Waals surface area (Å²) in [6.45, 7) is 4.05. The minimum atomic E-state index is -0.305. The van der Waals surface area contributed by atoms with E-state index in [1.165, 1.54) is 43.6 Å². The fraction of sp³-hybridized carbons (Fsp3) is 0.261. The molecule has 1 aliphatic heterocycles. The predicted molar refractivity (Wildman–Crippen MR) is 105 cm³/mol. The van der Waals surface area contributed by atoms with Crippen molar-refractivity contribution in [3.63, 3.8) is 0 Å². The van der Waals surface area contributed by atoms with Crippen molar-refractivity contribution >= 4 is 5.91 Å². The van der Waals surface area contributed by atoms with Gasteiger partial charge in [-0.25, -0.2) is 4.39 Å². The molecule has 4 nitrogen and oxygen atoms in total. The molecule has 0 saturated carbocycles. The second kappa shape index (κ2) is 8.40. The standard InChI is InChI=1S/C23H23FN2O2/c24-20-9-7-19(8-10-20)21-11-12-22(28-21)23(27)25-15-17-3-5-18(6-4-17)16-26-13-1-2-14-26/h3-12H,1-2,13-16H2,(H,25,27)/p+1. The Hall–Kier alpha value is -2.92. The van der Waals surface area contributed by atoms with Gasteiger partial charge in [0.05, 0.1) is 13.1 Å². The average molecular weight is 379 g/mol. The molecule has 3 aromatic rings. The fourth-order valence-electron chi connectivity index (χ4n) is 3.61. The topological polar surface area (TPSA) is 46.7 Å². The largest absolute Gasteiger partial charge is 0.451 e. The van der Waals surface area contributed by atoms with Crippen LogP contribution in [0.25, 0.3) is 11.3 Å². The zero-order chi connectivity index (χ0) is 19.3. The summed E-state index contributed by atoms with van der Waals surface area (Å²) in [5.74, 6) is 0.215. The Kier molecular flexibility index (Phi) is 5.53. The van der Waals surface area contributed by atoms with Crippen LogP contribution in [0.5, 0.6) is 0 Å². The van der Waals surface area contributed by atoms with Crippen molar-refractivity contribution in [2.45, 2.75) is 25.9 Å². The summed E-state index contributed by atoms with van der Waals surface area (Å²) >= 11 is 0. The molecule has 2 heterocycles. The summed E-state index contributed by atoms with van der Waals surface area (Å²) in [5.41, 5.74) is 3.12. The van der Waals surface area contributed by atoms with Crippen LogP contribution < -0.4 is 10.2 Å². The highest BCUT2D eigenvalue weighted by Gasteiger charge is 2.15. The molecule has 0 spiro atoms.